The van der Waals surface area contributed by atoms with Crippen LogP contribution in [0.1, 0.15) is 168 Å². The van der Waals surface area contributed by atoms with Crippen LogP contribution in [0.4, 0.5) is 0 Å². The van der Waals surface area contributed by atoms with Crippen molar-refractivity contribution < 1.29 is 89.4 Å². The summed E-state index contributed by atoms with van der Waals surface area (Å²) in [6.45, 7) is 1.56. The minimum Gasteiger partial charge on any atom is -0.394 e. The van der Waals surface area contributed by atoms with E-state index in [-0.39, 0.29) is 18.9 Å². The van der Waals surface area contributed by atoms with Gasteiger partial charge in [0, 0.05) is 6.42 Å². The van der Waals surface area contributed by atoms with E-state index < -0.39 is 124 Å². The van der Waals surface area contributed by atoms with Crippen LogP contribution in [0.3, 0.4) is 0 Å². The number of ether oxygens (including phenoxy) is 6. The summed E-state index contributed by atoms with van der Waals surface area (Å²) in [7, 11) is 0. The molecule has 0 aromatic heterocycles. The summed E-state index contributed by atoms with van der Waals surface area (Å²) < 4.78 is 34.0. The highest BCUT2D eigenvalue weighted by atomic mass is 16.8. The molecule has 3 saturated heterocycles. The van der Waals surface area contributed by atoms with E-state index in [1.54, 1.807) is 0 Å². The highest BCUT2D eigenvalue weighted by Gasteiger charge is 2.53. The van der Waals surface area contributed by atoms with Crippen LogP contribution in [-0.4, -0.2) is 193 Å². The molecule has 0 aromatic carbocycles. The van der Waals surface area contributed by atoms with Gasteiger partial charge in [0.1, 0.15) is 73.2 Å². The Morgan fingerprint density at radius 2 is 0.904 bits per heavy atom. The molecule has 426 valence electrons. The zero-order chi connectivity index (χ0) is 53.4. The first kappa shape index (κ1) is 65.3. The summed E-state index contributed by atoms with van der Waals surface area (Å²) >= 11 is 0. The molecule has 3 rings (SSSR count). The van der Waals surface area contributed by atoms with Gasteiger partial charge in [0.05, 0.1) is 38.6 Å². The van der Waals surface area contributed by atoms with Crippen LogP contribution in [-0.2, 0) is 33.2 Å². The van der Waals surface area contributed by atoms with E-state index in [0.717, 1.165) is 51.4 Å². The number of unbranched alkanes of at least 4 members (excludes halogenated alkanes) is 17. The minimum atomic E-state index is -1.97. The Labute approximate surface area is 434 Å². The van der Waals surface area contributed by atoms with Gasteiger partial charge in [-0.2, -0.15) is 0 Å². The summed E-state index contributed by atoms with van der Waals surface area (Å²) in [4.78, 5) is 13.1. The lowest BCUT2D eigenvalue weighted by molar-refractivity contribution is -0.379. The number of rotatable bonds is 39. The van der Waals surface area contributed by atoms with Crippen molar-refractivity contribution in [2.24, 2.45) is 0 Å². The first-order chi connectivity index (χ1) is 35.3. The summed E-state index contributed by atoms with van der Waals surface area (Å²) in [6.07, 6.45) is 12.3. The average molecular weight is 1050 g/mol. The van der Waals surface area contributed by atoms with E-state index in [2.05, 4.69) is 48.7 Å². The lowest BCUT2D eigenvalue weighted by Gasteiger charge is -2.48. The second kappa shape index (κ2) is 38.5. The molecule has 17 unspecified atom stereocenters. The fourth-order valence-electron chi connectivity index (χ4n) is 9.32. The summed E-state index contributed by atoms with van der Waals surface area (Å²) in [6, 6.07) is -0.884. The molecule has 19 heteroatoms. The molecule has 3 heterocycles. The van der Waals surface area contributed by atoms with Gasteiger partial charge in [-0.15, -0.1) is 0 Å². The molecular formula is C54H97NO18. The van der Waals surface area contributed by atoms with Gasteiger partial charge >= 0.3 is 0 Å². The third-order valence-electron chi connectivity index (χ3n) is 14.0. The highest BCUT2D eigenvalue weighted by Crippen LogP contribution is 2.33. The highest BCUT2D eigenvalue weighted by molar-refractivity contribution is 5.76. The molecule has 19 nitrogen and oxygen atoms in total. The summed E-state index contributed by atoms with van der Waals surface area (Å²) in [5.41, 5.74) is 0. The van der Waals surface area contributed by atoms with Crippen LogP contribution in [0.5, 0.6) is 0 Å². The molecule has 0 aliphatic carbocycles. The van der Waals surface area contributed by atoms with Crippen LogP contribution < -0.4 is 5.32 Å². The second-order valence-corrected chi connectivity index (χ2v) is 20.0. The number of amides is 1. The largest absolute Gasteiger partial charge is 0.394 e. The van der Waals surface area contributed by atoms with E-state index >= 15 is 0 Å². The number of hydrogen-bond acceptors (Lipinski definition) is 18. The van der Waals surface area contributed by atoms with Gasteiger partial charge in [-0.05, 0) is 51.4 Å². The van der Waals surface area contributed by atoms with Crippen molar-refractivity contribution in [3.8, 4) is 0 Å². The first-order valence-corrected chi connectivity index (χ1v) is 27.7. The Morgan fingerprint density at radius 1 is 0.493 bits per heavy atom. The van der Waals surface area contributed by atoms with Crippen molar-refractivity contribution in [1.29, 1.82) is 0 Å². The Bertz CT molecular complexity index is 1490. The van der Waals surface area contributed by atoms with Gasteiger partial charge in [-0.3, -0.25) is 4.79 Å². The quantitative estimate of drug-likeness (QED) is 0.0310. The van der Waals surface area contributed by atoms with Crippen LogP contribution in [0.15, 0.2) is 36.5 Å². The van der Waals surface area contributed by atoms with Gasteiger partial charge < -0.3 is 89.9 Å². The number of nitrogens with one attached hydrogen (secondary N) is 1. The van der Waals surface area contributed by atoms with E-state index in [4.69, 9.17) is 28.4 Å². The lowest BCUT2D eigenvalue weighted by atomic mass is 9.96. The smallest absolute Gasteiger partial charge is 0.220 e. The van der Waals surface area contributed by atoms with E-state index in [9.17, 15) is 61.0 Å². The number of aliphatic hydroxyl groups excluding tert-OH is 11. The van der Waals surface area contributed by atoms with Crippen molar-refractivity contribution in [3.05, 3.63) is 36.5 Å². The molecular weight excluding hydrogens is 951 g/mol. The molecule has 17 atom stereocenters. The van der Waals surface area contributed by atoms with Crippen LogP contribution >= 0.6 is 0 Å². The molecule has 73 heavy (non-hydrogen) atoms. The molecule has 12 N–H and O–H groups in total. The number of allylic oxidation sites excluding steroid dienone is 6. The maximum atomic E-state index is 13.1. The zero-order valence-corrected chi connectivity index (χ0v) is 43.9. The lowest BCUT2D eigenvalue weighted by Crippen LogP contribution is -2.66. The number of hydrogen-bond donors (Lipinski definition) is 12. The van der Waals surface area contributed by atoms with Gasteiger partial charge in [0.2, 0.25) is 5.91 Å². The maximum absolute atomic E-state index is 13.1. The fourth-order valence-corrected chi connectivity index (χ4v) is 9.32. The second-order valence-electron chi connectivity index (χ2n) is 20.0. The normalized spacial score (nSPS) is 32.0. The predicted octanol–water partition coefficient (Wildman–Crippen LogP) is 3.37. The fraction of sp³-hybridized carbons (Fsp3) is 0.870. The first-order valence-electron chi connectivity index (χ1n) is 27.7. The molecule has 3 aliphatic heterocycles. The number of aliphatic hydroxyl groups is 11. The van der Waals surface area contributed by atoms with Crippen molar-refractivity contribution in [3.63, 3.8) is 0 Å². The van der Waals surface area contributed by atoms with Crippen LogP contribution in [0.2, 0.25) is 0 Å². The van der Waals surface area contributed by atoms with Gasteiger partial charge in [0.25, 0.3) is 0 Å². The minimum absolute atomic E-state index is 0.258. The molecule has 3 aliphatic rings. The molecule has 0 bridgehead atoms. The molecule has 0 aromatic rings. The Morgan fingerprint density at radius 3 is 1.41 bits per heavy atom. The van der Waals surface area contributed by atoms with Gasteiger partial charge in [-0.25, -0.2) is 0 Å². The molecule has 1 amide bonds. The van der Waals surface area contributed by atoms with E-state index in [1.807, 2.05) is 6.92 Å². The zero-order valence-electron chi connectivity index (χ0n) is 43.9. The van der Waals surface area contributed by atoms with Gasteiger partial charge in [-0.1, -0.05) is 147 Å². The number of carbonyl (C=O) groups is 1. The van der Waals surface area contributed by atoms with Crippen LogP contribution in [0.25, 0.3) is 0 Å². The third-order valence-corrected chi connectivity index (χ3v) is 14.0. The maximum Gasteiger partial charge on any atom is 0.220 e. The topological polar surface area (TPSA) is 307 Å². The molecule has 0 saturated carbocycles. The number of carbonyl (C=O) groups excluding carboxylic acids is 1. The standard InChI is InChI=1S/C54H97NO18/c1-3-5-7-8-9-10-11-12-13-14-15-16-17-18-19-20-21-22-23-24-25-26-27-28-30-32-42(60)55-37(38(59)31-29-6-4-2)36-68-52-48(66)45(63)50(40(34-57)70-52)73-54-49(67)46(64)51(41(35-58)71-54)72-53-47(65)44(62)43(61)39(33-56)69-53/h11-12,14-15,17-18,37-41,43-54,56-59,61-67H,3-10,13,16,19-36H2,1-2H3,(H,55,60)/b12-11-,15-14-,18-17-. The molecule has 0 spiro atoms. The Balaban J connectivity index is 1.36. The van der Waals surface area contributed by atoms with E-state index in [1.165, 1.54) is 77.0 Å². The van der Waals surface area contributed by atoms with E-state index in [0.29, 0.717) is 19.3 Å². The third kappa shape index (κ3) is 23.7. The van der Waals surface area contributed by atoms with Crippen LogP contribution in [0, 0.1) is 0 Å². The average Bonchev–Trinajstić information content (AvgIpc) is 3.38. The molecule has 0 radical (unpaired) electrons. The SMILES string of the molecule is CCCCCCC/C=C\C/C=C\C/C=C\CCCCCCCCCCCCC(=O)NC(COC1OC(CO)C(OC2OC(CO)C(OC3OC(CO)C(O)C(O)C3O)C(O)C2O)C(O)C1O)C(O)CCCCC. The Hall–Kier alpha value is -1.99. The predicted molar refractivity (Wildman–Crippen MR) is 272 cm³/mol. The summed E-state index contributed by atoms with van der Waals surface area (Å²) in [5.74, 6) is -0.261. The van der Waals surface area contributed by atoms with Crippen molar-refractivity contribution in [2.45, 2.75) is 272 Å². The van der Waals surface area contributed by atoms with Crippen molar-refractivity contribution in [2.75, 3.05) is 26.4 Å². The monoisotopic (exact) mass is 1050 g/mol. The Kier molecular flexibility index (Phi) is 34.5. The van der Waals surface area contributed by atoms with Crippen molar-refractivity contribution in [1.82, 2.24) is 5.32 Å². The van der Waals surface area contributed by atoms with Gasteiger partial charge in [0.15, 0.2) is 18.9 Å². The molecule has 3 fully saturated rings. The summed E-state index contributed by atoms with van der Waals surface area (Å²) in [5, 5.41) is 119. The van der Waals surface area contributed by atoms with Crippen molar-refractivity contribution >= 4 is 5.91 Å².